The smallest absolute Gasteiger partial charge is 0.189 e. The highest BCUT2D eigenvalue weighted by Gasteiger charge is 2.15. The van der Waals surface area contributed by atoms with Crippen molar-refractivity contribution in [1.29, 1.82) is 0 Å². The van der Waals surface area contributed by atoms with E-state index in [1.165, 1.54) is 0 Å². The van der Waals surface area contributed by atoms with Crippen molar-refractivity contribution >= 4 is 16.9 Å². The molecule has 2 rings (SSSR count). The molecule has 20 heavy (non-hydrogen) atoms. The number of benzene rings is 1. The molecular weight excluding hydrogens is 254 g/mol. The van der Waals surface area contributed by atoms with Crippen LogP contribution in [0.1, 0.15) is 26.5 Å². The summed E-state index contributed by atoms with van der Waals surface area (Å²) in [4.78, 5) is 4.29. The molecule has 5 heteroatoms. The molecule has 0 saturated carbocycles. The first kappa shape index (κ1) is 14.2. The van der Waals surface area contributed by atoms with E-state index in [1.807, 2.05) is 45.0 Å². The van der Waals surface area contributed by atoms with Crippen LogP contribution in [-0.4, -0.2) is 18.6 Å². The van der Waals surface area contributed by atoms with Gasteiger partial charge in [-0.05, 0) is 32.9 Å². The van der Waals surface area contributed by atoms with Crippen molar-refractivity contribution in [2.24, 2.45) is 10.7 Å². The van der Waals surface area contributed by atoms with Crippen LogP contribution in [0.4, 0.5) is 0 Å². The number of nitrogens with one attached hydrogen (secondary N) is 1. The van der Waals surface area contributed by atoms with Gasteiger partial charge in [0.05, 0.1) is 12.5 Å². The standard InChI is InChI=1S/C15H21N3O2/c1-15(2,3)18-14(16)17-9-12-13(19-4)10-7-5-6-8-11(10)20-12/h5-8H,9H2,1-4H3,(H3,16,17,18). The van der Waals surface area contributed by atoms with E-state index in [9.17, 15) is 0 Å². The molecule has 1 heterocycles. The first-order valence-corrected chi connectivity index (χ1v) is 6.53. The molecule has 0 spiro atoms. The van der Waals surface area contributed by atoms with E-state index in [1.54, 1.807) is 7.11 Å². The van der Waals surface area contributed by atoms with E-state index < -0.39 is 0 Å². The Hall–Kier alpha value is -2.17. The number of guanidine groups is 1. The summed E-state index contributed by atoms with van der Waals surface area (Å²) in [6.45, 7) is 6.41. The van der Waals surface area contributed by atoms with Crippen LogP contribution in [0.25, 0.3) is 11.0 Å². The number of para-hydroxylation sites is 1. The monoisotopic (exact) mass is 275 g/mol. The highest BCUT2D eigenvalue weighted by molar-refractivity contribution is 5.85. The van der Waals surface area contributed by atoms with Crippen molar-refractivity contribution in [2.45, 2.75) is 32.9 Å². The van der Waals surface area contributed by atoms with E-state index in [-0.39, 0.29) is 5.54 Å². The SMILES string of the molecule is COc1c(CN=C(N)NC(C)(C)C)oc2ccccc12. The Kier molecular flexibility index (Phi) is 3.88. The van der Waals surface area contributed by atoms with Crippen molar-refractivity contribution in [2.75, 3.05) is 7.11 Å². The average molecular weight is 275 g/mol. The number of nitrogens with two attached hydrogens (primary N) is 1. The van der Waals surface area contributed by atoms with Crippen LogP contribution >= 0.6 is 0 Å². The predicted molar refractivity (Wildman–Crippen MR) is 81.0 cm³/mol. The fraction of sp³-hybridized carbons (Fsp3) is 0.400. The maximum Gasteiger partial charge on any atom is 0.189 e. The summed E-state index contributed by atoms with van der Waals surface area (Å²) in [5.41, 5.74) is 6.52. The maximum atomic E-state index is 5.85. The summed E-state index contributed by atoms with van der Waals surface area (Å²) in [7, 11) is 1.63. The molecule has 3 N–H and O–H groups in total. The van der Waals surface area contributed by atoms with Crippen LogP contribution in [0.15, 0.2) is 33.7 Å². The third-order valence-electron chi connectivity index (χ3n) is 2.72. The Balaban J connectivity index is 2.23. The van der Waals surface area contributed by atoms with Crippen LogP contribution in [0.3, 0.4) is 0 Å². The van der Waals surface area contributed by atoms with E-state index in [4.69, 9.17) is 14.9 Å². The summed E-state index contributed by atoms with van der Waals surface area (Å²) in [6.07, 6.45) is 0. The van der Waals surface area contributed by atoms with Gasteiger partial charge in [-0.3, -0.25) is 0 Å². The summed E-state index contributed by atoms with van der Waals surface area (Å²) in [5.74, 6) is 1.78. The molecule has 0 atom stereocenters. The van der Waals surface area contributed by atoms with Crippen LogP contribution in [0, 0.1) is 0 Å². The van der Waals surface area contributed by atoms with E-state index >= 15 is 0 Å². The molecule has 0 aliphatic carbocycles. The average Bonchev–Trinajstić information content (AvgIpc) is 2.71. The Morgan fingerprint density at radius 3 is 2.70 bits per heavy atom. The molecule has 0 fully saturated rings. The Morgan fingerprint density at radius 1 is 1.35 bits per heavy atom. The van der Waals surface area contributed by atoms with Gasteiger partial charge in [0.2, 0.25) is 0 Å². The second kappa shape index (κ2) is 5.45. The highest BCUT2D eigenvalue weighted by Crippen LogP contribution is 2.33. The summed E-state index contributed by atoms with van der Waals surface area (Å²) >= 11 is 0. The second-order valence-electron chi connectivity index (χ2n) is 5.63. The number of methoxy groups -OCH3 is 1. The van der Waals surface area contributed by atoms with Crippen LogP contribution in [-0.2, 0) is 6.54 Å². The van der Waals surface area contributed by atoms with Gasteiger partial charge in [-0.1, -0.05) is 12.1 Å². The lowest BCUT2D eigenvalue weighted by atomic mass is 10.1. The van der Waals surface area contributed by atoms with Gasteiger partial charge in [0.1, 0.15) is 12.1 Å². The summed E-state index contributed by atoms with van der Waals surface area (Å²) < 4.78 is 11.2. The molecule has 0 amide bonds. The van der Waals surface area contributed by atoms with Crippen molar-refractivity contribution in [3.05, 3.63) is 30.0 Å². The number of ether oxygens (including phenoxy) is 1. The number of fused-ring (bicyclic) bond motifs is 1. The molecule has 5 nitrogen and oxygen atoms in total. The van der Waals surface area contributed by atoms with Crippen molar-refractivity contribution < 1.29 is 9.15 Å². The Bertz CT molecular complexity index is 624. The molecule has 1 aromatic carbocycles. The van der Waals surface area contributed by atoms with Gasteiger partial charge < -0.3 is 20.2 Å². The minimum Gasteiger partial charge on any atom is -0.492 e. The Morgan fingerprint density at radius 2 is 2.05 bits per heavy atom. The van der Waals surface area contributed by atoms with Crippen LogP contribution in [0.5, 0.6) is 5.75 Å². The third-order valence-corrected chi connectivity index (χ3v) is 2.72. The number of hydrogen-bond acceptors (Lipinski definition) is 3. The van der Waals surface area contributed by atoms with Crippen molar-refractivity contribution in [3.63, 3.8) is 0 Å². The molecule has 0 saturated heterocycles. The van der Waals surface area contributed by atoms with Gasteiger partial charge in [0, 0.05) is 5.54 Å². The minimum absolute atomic E-state index is 0.119. The van der Waals surface area contributed by atoms with Gasteiger partial charge in [-0.15, -0.1) is 0 Å². The number of aliphatic imine (C=N–C) groups is 1. The van der Waals surface area contributed by atoms with E-state index in [0.29, 0.717) is 24.0 Å². The molecule has 108 valence electrons. The van der Waals surface area contributed by atoms with E-state index in [2.05, 4.69) is 10.3 Å². The largest absolute Gasteiger partial charge is 0.492 e. The molecule has 0 bridgehead atoms. The van der Waals surface area contributed by atoms with E-state index in [0.717, 1.165) is 11.0 Å². The lowest BCUT2D eigenvalue weighted by Crippen LogP contribution is -2.44. The van der Waals surface area contributed by atoms with Crippen molar-refractivity contribution in [3.8, 4) is 5.75 Å². The van der Waals surface area contributed by atoms with Gasteiger partial charge in [-0.25, -0.2) is 4.99 Å². The van der Waals surface area contributed by atoms with Crippen molar-refractivity contribution in [1.82, 2.24) is 5.32 Å². The number of furan rings is 1. The third kappa shape index (κ3) is 3.23. The lowest BCUT2D eigenvalue weighted by Gasteiger charge is -2.20. The van der Waals surface area contributed by atoms with Crippen LogP contribution < -0.4 is 15.8 Å². The molecule has 0 radical (unpaired) electrons. The number of rotatable bonds is 3. The van der Waals surface area contributed by atoms with Crippen LogP contribution in [0.2, 0.25) is 0 Å². The zero-order chi connectivity index (χ0) is 14.8. The first-order valence-electron chi connectivity index (χ1n) is 6.53. The molecule has 2 aromatic rings. The summed E-state index contributed by atoms with van der Waals surface area (Å²) in [6, 6.07) is 7.74. The number of hydrogen-bond donors (Lipinski definition) is 2. The number of nitrogens with zero attached hydrogens (tertiary/aromatic N) is 1. The van der Waals surface area contributed by atoms with Gasteiger partial charge in [-0.2, -0.15) is 0 Å². The molecular formula is C15H21N3O2. The first-order chi connectivity index (χ1) is 9.40. The Labute approximate surface area is 118 Å². The quantitative estimate of drug-likeness (QED) is 0.667. The summed E-state index contributed by atoms with van der Waals surface area (Å²) in [5, 5.41) is 4.05. The zero-order valence-corrected chi connectivity index (χ0v) is 12.4. The van der Waals surface area contributed by atoms with Gasteiger partial charge >= 0.3 is 0 Å². The topological polar surface area (TPSA) is 72.8 Å². The second-order valence-corrected chi connectivity index (χ2v) is 5.63. The maximum absolute atomic E-state index is 5.85. The zero-order valence-electron chi connectivity index (χ0n) is 12.4. The minimum atomic E-state index is -0.119. The fourth-order valence-electron chi connectivity index (χ4n) is 1.98. The molecule has 1 aromatic heterocycles. The molecule has 0 aliphatic heterocycles. The predicted octanol–water partition coefficient (Wildman–Crippen LogP) is 2.64. The van der Waals surface area contributed by atoms with Gasteiger partial charge in [0.25, 0.3) is 0 Å². The lowest BCUT2D eigenvalue weighted by molar-refractivity contribution is 0.396. The van der Waals surface area contributed by atoms with Gasteiger partial charge in [0.15, 0.2) is 17.5 Å². The highest BCUT2D eigenvalue weighted by atomic mass is 16.5. The molecule has 0 aliphatic rings. The molecule has 0 unspecified atom stereocenters. The normalized spacial score (nSPS) is 12.7. The fourth-order valence-corrected chi connectivity index (χ4v) is 1.98.